The first-order valence-corrected chi connectivity index (χ1v) is 6.47. The van der Waals surface area contributed by atoms with E-state index in [2.05, 4.69) is 0 Å². The largest absolute Gasteiger partial charge is 0.326 e. The molecule has 1 aromatic carbocycles. The van der Waals surface area contributed by atoms with Crippen LogP contribution in [0.2, 0.25) is 0 Å². The van der Waals surface area contributed by atoms with Gasteiger partial charge in [-0.05, 0) is 29.1 Å². The Bertz CT molecular complexity index is 306. The van der Waals surface area contributed by atoms with Crippen LogP contribution in [-0.4, -0.2) is 11.5 Å². The van der Waals surface area contributed by atoms with Gasteiger partial charge in [0.2, 0.25) is 0 Å². The third-order valence-corrected chi connectivity index (χ3v) is 4.10. The molecule has 1 aliphatic heterocycles. The first kappa shape index (κ1) is 11.0. The van der Waals surface area contributed by atoms with Crippen molar-refractivity contribution < 1.29 is 4.39 Å². The van der Waals surface area contributed by atoms with Gasteiger partial charge in [0.05, 0.1) is 0 Å². The number of halogens is 1. The Morgan fingerprint density at radius 2 is 2.13 bits per heavy atom. The van der Waals surface area contributed by atoms with Crippen molar-refractivity contribution in [3.05, 3.63) is 35.4 Å². The topological polar surface area (TPSA) is 26.0 Å². The van der Waals surface area contributed by atoms with Gasteiger partial charge < -0.3 is 5.73 Å². The van der Waals surface area contributed by atoms with Crippen molar-refractivity contribution >= 4 is 11.8 Å². The number of hydrogen-bond acceptors (Lipinski definition) is 2. The molecule has 0 saturated carbocycles. The Labute approximate surface area is 94.2 Å². The molecule has 0 radical (unpaired) electrons. The summed E-state index contributed by atoms with van der Waals surface area (Å²) in [6, 6.07) is 7.58. The fourth-order valence-electron chi connectivity index (χ4n) is 1.89. The average Bonchev–Trinajstić information content (AvgIpc) is 2.82. The van der Waals surface area contributed by atoms with E-state index in [1.807, 2.05) is 36.0 Å². The van der Waals surface area contributed by atoms with Gasteiger partial charge >= 0.3 is 0 Å². The Balaban J connectivity index is 2.07. The quantitative estimate of drug-likeness (QED) is 0.856. The van der Waals surface area contributed by atoms with Gasteiger partial charge in [-0.3, -0.25) is 0 Å². The highest BCUT2D eigenvalue weighted by Gasteiger charge is 2.26. The van der Waals surface area contributed by atoms with Crippen LogP contribution in [0, 0.1) is 5.92 Å². The molecule has 2 unspecified atom stereocenters. The van der Waals surface area contributed by atoms with Crippen LogP contribution in [0.25, 0.3) is 0 Å². The zero-order valence-corrected chi connectivity index (χ0v) is 9.47. The van der Waals surface area contributed by atoms with Crippen LogP contribution in [0.1, 0.15) is 23.7 Å². The van der Waals surface area contributed by atoms with E-state index in [9.17, 15) is 4.39 Å². The predicted octanol–water partition coefficient (Wildman–Crippen LogP) is 2.91. The molecule has 2 N–H and O–H groups in total. The fraction of sp³-hybridized carbons (Fsp3) is 0.500. The maximum absolute atomic E-state index is 14.0. The van der Waals surface area contributed by atoms with Crippen molar-refractivity contribution in [2.24, 2.45) is 11.7 Å². The lowest BCUT2D eigenvalue weighted by Gasteiger charge is -2.15. The summed E-state index contributed by atoms with van der Waals surface area (Å²) in [5, 5.41) is 0. The van der Waals surface area contributed by atoms with Crippen molar-refractivity contribution in [3.8, 4) is 0 Å². The molecular formula is C12H16FNS. The Morgan fingerprint density at radius 1 is 1.40 bits per heavy atom. The first-order chi connectivity index (χ1) is 7.31. The summed E-state index contributed by atoms with van der Waals surface area (Å²) in [7, 11) is 0. The van der Waals surface area contributed by atoms with E-state index in [-0.39, 0.29) is 5.92 Å². The first-order valence-electron chi connectivity index (χ1n) is 5.32. The van der Waals surface area contributed by atoms with Gasteiger partial charge in [-0.15, -0.1) is 0 Å². The van der Waals surface area contributed by atoms with Gasteiger partial charge in [0.25, 0.3) is 0 Å². The molecule has 82 valence electrons. The lowest BCUT2D eigenvalue weighted by molar-refractivity contribution is 0.251. The molecule has 0 bridgehead atoms. The van der Waals surface area contributed by atoms with Gasteiger partial charge in [0, 0.05) is 12.5 Å². The Hall–Kier alpha value is -0.540. The summed E-state index contributed by atoms with van der Waals surface area (Å²) in [6.07, 6.45) is 0.205. The maximum Gasteiger partial charge on any atom is 0.129 e. The molecule has 1 saturated heterocycles. The van der Waals surface area contributed by atoms with Crippen LogP contribution in [0.15, 0.2) is 24.3 Å². The van der Waals surface area contributed by atoms with Gasteiger partial charge in [-0.25, -0.2) is 4.39 Å². The smallest absolute Gasteiger partial charge is 0.129 e. The van der Waals surface area contributed by atoms with Crippen LogP contribution in [0.3, 0.4) is 0 Å². The minimum absolute atomic E-state index is 0.207. The minimum atomic E-state index is -0.799. The molecule has 1 heterocycles. The van der Waals surface area contributed by atoms with Crippen molar-refractivity contribution in [2.45, 2.75) is 19.1 Å². The molecular weight excluding hydrogens is 209 g/mol. The number of thioether (sulfide) groups is 1. The van der Waals surface area contributed by atoms with Crippen LogP contribution in [0.4, 0.5) is 4.39 Å². The van der Waals surface area contributed by atoms with Crippen LogP contribution in [0.5, 0.6) is 0 Å². The number of nitrogens with two attached hydrogens (primary N) is 1. The lowest BCUT2D eigenvalue weighted by atomic mass is 9.96. The highest BCUT2D eigenvalue weighted by molar-refractivity contribution is 7.99. The van der Waals surface area contributed by atoms with E-state index < -0.39 is 6.17 Å². The van der Waals surface area contributed by atoms with Crippen LogP contribution < -0.4 is 5.73 Å². The molecule has 0 amide bonds. The molecule has 0 aliphatic carbocycles. The summed E-state index contributed by atoms with van der Waals surface area (Å²) >= 11 is 1.85. The normalized spacial score (nSPS) is 22.9. The van der Waals surface area contributed by atoms with Crippen molar-refractivity contribution in [1.82, 2.24) is 0 Å². The molecule has 0 aromatic heterocycles. The maximum atomic E-state index is 14.0. The SMILES string of the molecule is NCc1ccc(C(F)C2CCSC2)cc1. The molecule has 1 aromatic rings. The number of rotatable bonds is 3. The fourth-order valence-corrected chi connectivity index (χ4v) is 3.17. The number of hydrogen-bond donors (Lipinski definition) is 1. The number of alkyl halides is 1. The highest BCUT2D eigenvalue weighted by atomic mass is 32.2. The summed E-state index contributed by atoms with van der Waals surface area (Å²) in [5.41, 5.74) is 7.37. The lowest BCUT2D eigenvalue weighted by Crippen LogP contribution is -2.08. The summed E-state index contributed by atoms with van der Waals surface area (Å²) in [5.74, 6) is 2.27. The van der Waals surface area contributed by atoms with E-state index in [1.54, 1.807) is 0 Å². The molecule has 2 rings (SSSR count). The molecule has 1 nitrogen and oxygen atoms in total. The molecule has 1 fully saturated rings. The van der Waals surface area contributed by atoms with E-state index in [0.29, 0.717) is 6.54 Å². The van der Waals surface area contributed by atoms with Crippen LogP contribution >= 0.6 is 11.8 Å². The van der Waals surface area contributed by atoms with E-state index in [1.165, 1.54) is 0 Å². The van der Waals surface area contributed by atoms with Gasteiger partial charge in [0.15, 0.2) is 0 Å². The van der Waals surface area contributed by atoms with Gasteiger partial charge in [0.1, 0.15) is 6.17 Å². The molecule has 0 spiro atoms. The summed E-state index contributed by atoms with van der Waals surface area (Å²) < 4.78 is 14.0. The van der Waals surface area contributed by atoms with Crippen LogP contribution in [-0.2, 0) is 6.54 Å². The summed E-state index contributed by atoms with van der Waals surface area (Å²) in [4.78, 5) is 0. The molecule has 1 aliphatic rings. The highest BCUT2D eigenvalue weighted by Crippen LogP contribution is 2.36. The second kappa shape index (κ2) is 4.99. The van der Waals surface area contributed by atoms with Crippen molar-refractivity contribution in [3.63, 3.8) is 0 Å². The van der Waals surface area contributed by atoms with Crippen molar-refractivity contribution in [1.29, 1.82) is 0 Å². The zero-order chi connectivity index (χ0) is 10.7. The van der Waals surface area contributed by atoms with Crippen molar-refractivity contribution in [2.75, 3.05) is 11.5 Å². The standard InChI is InChI=1S/C12H16FNS/c13-12(11-5-6-15-8-11)10-3-1-9(7-14)2-4-10/h1-4,11-12H,5-8,14H2. The Morgan fingerprint density at radius 3 is 2.67 bits per heavy atom. The molecule has 2 atom stereocenters. The second-order valence-electron chi connectivity index (χ2n) is 3.97. The minimum Gasteiger partial charge on any atom is -0.326 e. The van der Waals surface area contributed by atoms with Gasteiger partial charge in [-0.1, -0.05) is 24.3 Å². The predicted molar refractivity (Wildman–Crippen MR) is 63.6 cm³/mol. The van der Waals surface area contributed by atoms with E-state index in [0.717, 1.165) is 29.1 Å². The second-order valence-corrected chi connectivity index (χ2v) is 5.12. The summed E-state index contributed by atoms with van der Waals surface area (Å²) in [6.45, 7) is 0.524. The monoisotopic (exact) mass is 225 g/mol. The molecule has 3 heteroatoms. The third kappa shape index (κ3) is 2.52. The molecule has 15 heavy (non-hydrogen) atoms. The van der Waals surface area contributed by atoms with E-state index >= 15 is 0 Å². The number of benzene rings is 1. The third-order valence-electron chi connectivity index (χ3n) is 2.91. The zero-order valence-electron chi connectivity index (χ0n) is 8.66. The van der Waals surface area contributed by atoms with Gasteiger partial charge in [-0.2, -0.15) is 11.8 Å². The average molecular weight is 225 g/mol. The Kier molecular flexibility index (Phi) is 3.65. The van der Waals surface area contributed by atoms with E-state index in [4.69, 9.17) is 5.73 Å².